The Balaban J connectivity index is 1.45. The molecule has 2 unspecified atom stereocenters. The van der Waals surface area contributed by atoms with Gasteiger partial charge in [0, 0.05) is 18.7 Å². The first kappa shape index (κ1) is 23.8. The molecule has 2 atom stereocenters. The van der Waals surface area contributed by atoms with E-state index in [1.54, 1.807) is 0 Å². The second kappa shape index (κ2) is 9.71. The van der Waals surface area contributed by atoms with Crippen LogP contribution < -0.4 is 5.56 Å². The number of aromatic nitrogens is 5. The van der Waals surface area contributed by atoms with E-state index in [1.165, 1.54) is 44.1 Å². The summed E-state index contributed by atoms with van der Waals surface area (Å²) in [6.45, 7) is 7.53. The standard InChI is InChI=1S/C28H38N6O2/c1-19-14-20(2)24-21(15-19)16-23(27(35)29-24)25(26-30-31-32-34(26)17-22-8-6-13-36-22)33-12-7-11-28(18-33)9-4-3-5-10-28/h14-16,22,25H,3-13,17-18H2,1-2H3,(H,29,35). The highest BCUT2D eigenvalue weighted by atomic mass is 16.5. The summed E-state index contributed by atoms with van der Waals surface area (Å²) in [5, 5.41) is 14.1. The van der Waals surface area contributed by atoms with Crippen molar-refractivity contribution in [1.82, 2.24) is 30.1 Å². The van der Waals surface area contributed by atoms with Gasteiger partial charge in [-0.05, 0) is 97.8 Å². The molecule has 0 radical (unpaired) electrons. The Labute approximate surface area is 212 Å². The number of ether oxygens (including phenoxy) is 1. The Morgan fingerprint density at radius 2 is 1.94 bits per heavy atom. The van der Waals surface area contributed by atoms with Crippen molar-refractivity contribution in [2.75, 3.05) is 19.7 Å². The van der Waals surface area contributed by atoms with Gasteiger partial charge in [0.1, 0.15) is 6.04 Å². The Bertz CT molecular complexity index is 1280. The molecule has 4 heterocycles. The number of aryl methyl sites for hydroxylation is 2. The van der Waals surface area contributed by atoms with Crippen molar-refractivity contribution in [1.29, 1.82) is 0 Å². The molecule has 6 rings (SSSR count). The summed E-state index contributed by atoms with van der Waals surface area (Å²) >= 11 is 0. The molecule has 1 N–H and O–H groups in total. The van der Waals surface area contributed by atoms with Crippen molar-refractivity contribution in [2.24, 2.45) is 5.41 Å². The zero-order valence-corrected chi connectivity index (χ0v) is 21.6. The highest BCUT2D eigenvalue weighted by Crippen LogP contribution is 2.45. The van der Waals surface area contributed by atoms with Gasteiger partial charge in [-0.25, -0.2) is 4.68 Å². The number of rotatable bonds is 5. The number of tetrazole rings is 1. The van der Waals surface area contributed by atoms with Crippen molar-refractivity contribution >= 4 is 10.9 Å². The Hall–Kier alpha value is -2.58. The number of nitrogens with zero attached hydrogens (tertiary/aromatic N) is 5. The highest BCUT2D eigenvalue weighted by Gasteiger charge is 2.41. The molecule has 2 saturated heterocycles. The molecule has 2 aliphatic heterocycles. The second-order valence-electron chi connectivity index (χ2n) is 11.5. The third kappa shape index (κ3) is 4.50. The van der Waals surface area contributed by atoms with Gasteiger partial charge < -0.3 is 9.72 Å². The zero-order chi connectivity index (χ0) is 24.7. The summed E-state index contributed by atoms with van der Waals surface area (Å²) < 4.78 is 7.81. The number of fused-ring (bicyclic) bond motifs is 1. The number of hydrogen-bond donors (Lipinski definition) is 1. The molecule has 2 aromatic heterocycles. The van der Waals surface area contributed by atoms with E-state index in [4.69, 9.17) is 4.74 Å². The molecule has 1 spiro atoms. The SMILES string of the molecule is Cc1cc(C)c2[nH]c(=O)c(C(c3nnnn3CC3CCCO3)N3CCCC4(CCCCC4)C3)cc2c1. The minimum Gasteiger partial charge on any atom is -0.376 e. The van der Waals surface area contributed by atoms with E-state index in [9.17, 15) is 4.79 Å². The molecule has 1 saturated carbocycles. The molecular formula is C28H38N6O2. The van der Waals surface area contributed by atoms with Crippen molar-refractivity contribution in [3.8, 4) is 0 Å². The summed E-state index contributed by atoms with van der Waals surface area (Å²) in [5.41, 5.74) is 4.23. The Morgan fingerprint density at radius 1 is 1.11 bits per heavy atom. The second-order valence-corrected chi connectivity index (χ2v) is 11.5. The van der Waals surface area contributed by atoms with Crippen LogP contribution in [0.5, 0.6) is 0 Å². The van der Waals surface area contributed by atoms with E-state index in [2.05, 4.69) is 57.5 Å². The normalized spacial score (nSPS) is 23.4. The molecule has 0 amide bonds. The Kier molecular flexibility index (Phi) is 6.42. The molecule has 3 fully saturated rings. The average Bonchev–Trinajstić information content (AvgIpc) is 3.54. The predicted octanol–water partition coefficient (Wildman–Crippen LogP) is 4.45. The van der Waals surface area contributed by atoms with E-state index in [0.29, 0.717) is 12.0 Å². The van der Waals surface area contributed by atoms with E-state index in [1.807, 2.05) is 4.68 Å². The van der Waals surface area contributed by atoms with Crippen LogP contribution in [-0.2, 0) is 11.3 Å². The minimum atomic E-state index is -0.283. The quantitative estimate of drug-likeness (QED) is 0.569. The Morgan fingerprint density at radius 3 is 2.75 bits per heavy atom. The van der Waals surface area contributed by atoms with Crippen LogP contribution in [0.3, 0.4) is 0 Å². The van der Waals surface area contributed by atoms with Crippen LogP contribution >= 0.6 is 0 Å². The van der Waals surface area contributed by atoms with E-state index in [-0.39, 0.29) is 17.7 Å². The maximum atomic E-state index is 13.7. The molecule has 1 aliphatic carbocycles. The summed E-state index contributed by atoms with van der Waals surface area (Å²) in [5.74, 6) is 0.757. The number of H-pyrrole nitrogens is 1. The molecule has 36 heavy (non-hydrogen) atoms. The number of benzene rings is 1. The van der Waals surface area contributed by atoms with Crippen LogP contribution in [0.25, 0.3) is 10.9 Å². The van der Waals surface area contributed by atoms with Crippen molar-refractivity contribution in [2.45, 2.75) is 90.3 Å². The van der Waals surface area contributed by atoms with Crippen LogP contribution in [0, 0.1) is 19.3 Å². The van der Waals surface area contributed by atoms with Gasteiger partial charge in [-0.2, -0.15) is 0 Å². The van der Waals surface area contributed by atoms with Gasteiger partial charge in [0.15, 0.2) is 5.82 Å². The maximum absolute atomic E-state index is 13.7. The maximum Gasteiger partial charge on any atom is 0.253 e. The predicted molar refractivity (Wildman–Crippen MR) is 139 cm³/mol. The van der Waals surface area contributed by atoms with Gasteiger partial charge in [0.05, 0.1) is 18.2 Å². The zero-order valence-electron chi connectivity index (χ0n) is 21.6. The molecule has 8 heteroatoms. The summed E-state index contributed by atoms with van der Waals surface area (Å²) in [6, 6.07) is 6.09. The first-order chi connectivity index (χ1) is 17.5. The number of nitrogens with one attached hydrogen (secondary N) is 1. The van der Waals surface area contributed by atoms with Crippen LogP contribution in [0.15, 0.2) is 23.0 Å². The van der Waals surface area contributed by atoms with Crippen molar-refractivity contribution in [3.05, 3.63) is 51.1 Å². The lowest BCUT2D eigenvalue weighted by Gasteiger charge is -2.47. The smallest absolute Gasteiger partial charge is 0.253 e. The first-order valence-corrected chi connectivity index (χ1v) is 13.8. The lowest BCUT2D eigenvalue weighted by atomic mass is 9.69. The molecular weight excluding hydrogens is 452 g/mol. The van der Waals surface area contributed by atoms with Gasteiger partial charge in [-0.15, -0.1) is 5.10 Å². The molecule has 192 valence electrons. The highest BCUT2D eigenvalue weighted by molar-refractivity contribution is 5.83. The van der Waals surface area contributed by atoms with Gasteiger partial charge in [0.2, 0.25) is 0 Å². The van der Waals surface area contributed by atoms with E-state index >= 15 is 0 Å². The summed E-state index contributed by atoms with van der Waals surface area (Å²) in [4.78, 5) is 19.4. The molecule has 1 aromatic carbocycles. The first-order valence-electron chi connectivity index (χ1n) is 13.8. The van der Waals surface area contributed by atoms with Gasteiger partial charge >= 0.3 is 0 Å². The van der Waals surface area contributed by atoms with Gasteiger partial charge in [0.25, 0.3) is 5.56 Å². The fourth-order valence-electron chi connectivity index (χ4n) is 7.10. The third-order valence-corrected chi connectivity index (χ3v) is 8.79. The van der Waals surface area contributed by atoms with Crippen molar-refractivity contribution in [3.63, 3.8) is 0 Å². The average molecular weight is 491 g/mol. The molecule has 3 aliphatic rings. The van der Waals surface area contributed by atoms with E-state index in [0.717, 1.165) is 66.8 Å². The lowest BCUT2D eigenvalue weighted by molar-refractivity contribution is 0.0326. The fraction of sp³-hybridized carbons (Fsp3) is 0.643. The topological polar surface area (TPSA) is 88.9 Å². The number of aromatic amines is 1. The number of piperidine rings is 1. The van der Waals surface area contributed by atoms with Crippen LogP contribution in [-0.4, -0.2) is 55.9 Å². The molecule has 8 nitrogen and oxygen atoms in total. The van der Waals surface area contributed by atoms with Gasteiger partial charge in [-0.1, -0.05) is 30.9 Å². The van der Waals surface area contributed by atoms with Crippen LogP contribution in [0.4, 0.5) is 0 Å². The summed E-state index contributed by atoms with van der Waals surface area (Å²) in [7, 11) is 0. The molecule has 0 bridgehead atoms. The van der Waals surface area contributed by atoms with Crippen molar-refractivity contribution < 1.29 is 4.74 Å². The molecule has 3 aromatic rings. The lowest BCUT2D eigenvalue weighted by Crippen LogP contribution is -2.47. The van der Waals surface area contributed by atoms with Crippen LogP contribution in [0.2, 0.25) is 0 Å². The fourth-order valence-corrected chi connectivity index (χ4v) is 7.10. The largest absolute Gasteiger partial charge is 0.376 e. The third-order valence-electron chi connectivity index (χ3n) is 8.79. The van der Waals surface area contributed by atoms with E-state index < -0.39 is 0 Å². The minimum absolute atomic E-state index is 0.0469. The van der Waals surface area contributed by atoms with Crippen LogP contribution in [0.1, 0.15) is 86.3 Å². The number of hydrogen-bond acceptors (Lipinski definition) is 6. The number of pyridine rings is 1. The monoisotopic (exact) mass is 490 g/mol. The number of likely N-dealkylation sites (tertiary alicyclic amines) is 1. The van der Waals surface area contributed by atoms with Gasteiger partial charge in [-0.3, -0.25) is 9.69 Å². The summed E-state index contributed by atoms with van der Waals surface area (Å²) in [6.07, 6.45) is 11.2.